The normalized spacial score (nSPS) is 15.9. The maximum Gasteiger partial charge on any atom is 0.249 e. The molecule has 0 unspecified atom stereocenters. The number of hydrogen-bond donors (Lipinski definition) is 3. The summed E-state index contributed by atoms with van der Waals surface area (Å²) in [5.41, 5.74) is 3.40. The van der Waals surface area contributed by atoms with Crippen molar-refractivity contribution >= 4 is 28.4 Å². The van der Waals surface area contributed by atoms with Gasteiger partial charge >= 0.3 is 0 Å². The predicted molar refractivity (Wildman–Crippen MR) is 144 cm³/mol. The Labute approximate surface area is 226 Å². The average molecular weight is 540 g/mol. The number of carbonyl (C=O) groups excluding carboxylic acids is 1. The van der Waals surface area contributed by atoms with Gasteiger partial charge in [-0.1, -0.05) is 29.5 Å². The summed E-state index contributed by atoms with van der Waals surface area (Å²) in [6, 6.07) is 10.3. The number of halogens is 2. The molecule has 2 heterocycles. The van der Waals surface area contributed by atoms with Crippen LogP contribution in [0.3, 0.4) is 0 Å². The minimum absolute atomic E-state index is 0.266. The SMILES string of the molecule is COc1ccc2ncc(Cl)c([C@H](O)CCC3(C(=O)NO)CCN(CC#Cc4ccc(C)c(F)c4)CC3)c2c1. The number of pyridine rings is 1. The van der Waals surface area contributed by atoms with E-state index in [4.69, 9.17) is 16.3 Å². The van der Waals surface area contributed by atoms with E-state index >= 15 is 0 Å². The second-order valence-electron chi connectivity index (χ2n) is 9.72. The third-order valence-corrected chi connectivity index (χ3v) is 7.70. The molecule has 1 aromatic heterocycles. The molecule has 0 radical (unpaired) electrons. The molecule has 1 fully saturated rings. The highest BCUT2D eigenvalue weighted by Crippen LogP contribution is 2.41. The van der Waals surface area contributed by atoms with Gasteiger partial charge in [-0.2, -0.15) is 0 Å². The van der Waals surface area contributed by atoms with Crippen LogP contribution in [0, 0.1) is 30.0 Å². The van der Waals surface area contributed by atoms with Crippen molar-refractivity contribution in [3.63, 3.8) is 0 Å². The van der Waals surface area contributed by atoms with Crippen molar-refractivity contribution in [2.24, 2.45) is 5.41 Å². The van der Waals surface area contributed by atoms with E-state index in [0.717, 1.165) is 0 Å². The molecule has 4 rings (SSSR count). The summed E-state index contributed by atoms with van der Waals surface area (Å²) in [6.45, 7) is 3.38. The summed E-state index contributed by atoms with van der Waals surface area (Å²) in [7, 11) is 1.56. The lowest BCUT2D eigenvalue weighted by Crippen LogP contribution is -2.48. The highest BCUT2D eigenvalue weighted by atomic mass is 35.5. The number of aliphatic hydroxyl groups is 1. The first-order valence-corrected chi connectivity index (χ1v) is 12.9. The highest BCUT2D eigenvalue weighted by Gasteiger charge is 2.41. The van der Waals surface area contributed by atoms with E-state index in [2.05, 4.69) is 21.7 Å². The van der Waals surface area contributed by atoms with Crippen LogP contribution in [0.1, 0.15) is 48.5 Å². The van der Waals surface area contributed by atoms with E-state index in [1.165, 1.54) is 12.3 Å². The first-order valence-electron chi connectivity index (χ1n) is 12.5. The Bertz CT molecular complexity index is 1380. The molecule has 7 nitrogen and oxygen atoms in total. The molecule has 0 saturated carbocycles. The molecule has 1 aliphatic rings. The summed E-state index contributed by atoms with van der Waals surface area (Å²) in [4.78, 5) is 19.2. The molecule has 0 spiro atoms. The van der Waals surface area contributed by atoms with Gasteiger partial charge in [-0.15, -0.1) is 0 Å². The van der Waals surface area contributed by atoms with Crippen LogP contribution < -0.4 is 10.2 Å². The number of benzene rings is 2. The molecule has 3 aromatic rings. The van der Waals surface area contributed by atoms with Crippen molar-refractivity contribution in [1.29, 1.82) is 0 Å². The number of aryl methyl sites for hydroxylation is 1. The second kappa shape index (κ2) is 12.1. The van der Waals surface area contributed by atoms with Crippen LogP contribution in [0.4, 0.5) is 4.39 Å². The molecule has 3 N–H and O–H groups in total. The van der Waals surface area contributed by atoms with Crippen molar-refractivity contribution in [1.82, 2.24) is 15.4 Å². The van der Waals surface area contributed by atoms with Gasteiger partial charge < -0.3 is 9.84 Å². The third-order valence-electron chi connectivity index (χ3n) is 7.40. The molecule has 9 heteroatoms. The number of piperidine rings is 1. The Morgan fingerprint density at radius 1 is 1.29 bits per heavy atom. The number of nitrogens with zero attached hydrogens (tertiary/aromatic N) is 2. The van der Waals surface area contributed by atoms with Gasteiger partial charge in [-0.25, -0.2) is 9.87 Å². The minimum Gasteiger partial charge on any atom is -0.497 e. The number of carbonyl (C=O) groups is 1. The lowest BCUT2D eigenvalue weighted by Gasteiger charge is -2.40. The molecular formula is C29H31ClFN3O4. The number of aliphatic hydroxyl groups excluding tert-OH is 1. The number of amides is 1. The lowest BCUT2D eigenvalue weighted by molar-refractivity contribution is -0.143. The topological polar surface area (TPSA) is 94.9 Å². The van der Waals surface area contributed by atoms with Crippen LogP contribution >= 0.6 is 11.6 Å². The van der Waals surface area contributed by atoms with Crippen LogP contribution in [-0.2, 0) is 4.79 Å². The molecule has 2 aromatic carbocycles. The fourth-order valence-corrected chi connectivity index (χ4v) is 5.24. The molecule has 1 saturated heterocycles. The summed E-state index contributed by atoms with van der Waals surface area (Å²) < 4.78 is 19.1. The smallest absolute Gasteiger partial charge is 0.249 e. The monoisotopic (exact) mass is 539 g/mol. The predicted octanol–water partition coefficient (Wildman–Crippen LogP) is 4.80. The molecule has 1 aliphatic heterocycles. The zero-order valence-electron chi connectivity index (χ0n) is 21.4. The molecule has 1 amide bonds. The van der Waals surface area contributed by atoms with E-state index < -0.39 is 17.4 Å². The van der Waals surface area contributed by atoms with Gasteiger partial charge in [0.05, 0.1) is 35.7 Å². The Kier molecular flexibility index (Phi) is 8.85. The number of methoxy groups -OCH3 is 1. The van der Waals surface area contributed by atoms with Gasteiger partial charge in [0, 0.05) is 35.8 Å². The Balaban J connectivity index is 1.43. The zero-order chi connectivity index (χ0) is 27.3. The van der Waals surface area contributed by atoms with Crippen molar-refractivity contribution in [2.75, 3.05) is 26.7 Å². The van der Waals surface area contributed by atoms with Crippen molar-refractivity contribution in [3.05, 3.63) is 70.1 Å². The third kappa shape index (κ3) is 6.08. The van der Waals surface area contributed by atoms with Crippen molar-refractivity contribution in [2.45, 2.75) is 38.7 Å². The highest BCUT2D eigenvalue weighted by molar-refractivity contribution is 6.32. The molecule has 38 heavy (non-hydrogen) atoms. The number of rotatable bonds is 7. The molecular weight excluding hydrogens is 509 g/mol. The van der Waals surface area contributed by atoms with Crippen LogP contribution in [0.5, 0.6) is 5.75 Å². The van der Waals surface area contributed by atoms with Gasteiger partial charge in [0.1, 0.15) is 11.6 Å². The maximum atomic E-state index is 13.8. The van der Waals surface area contributed by atoms with Gasteiger partial charge in [0.15, 0.2) is 0 Å². The number of ether oxygens (including phenoxy) is 1. The van der Waals surface area contributed by atoms with Gasteiger partial charge in [-0.05, 0) is 68.5 Å². The van der Waals surface area contributed by atoms with Crippen LogP contribution in [0.25, 0.3) is 10.9 Å². The fraction of sp³-hybridized carbons (Fsp3) is 0.379. The van der Waals surface area contributed by atoms with E-state index in [-0.39, 0.29) is 12.2 Å². The first-order chi connectivity index (χ1) is 18.3. The summed E-state index contributed by atoms with van der Waals surface area (Å²) >= 11 is 6.44. The quantitative estimate of drug-likeness (QED) is 0.227. The van der Waals surface area contributed by atoms with Gasteiger partial charge in [0.25, 0.3) is 0 Å². The summed E-state index contributed by atoms with van der Waals surface area (Å²) in [5, 5.41) is 21.7. The number of aromatic nitrogens is 1. The Morgan fingerprint density at radius 2 is 2.05 bits per heavy atom. The lowest BCUT2D eigenvalue weighted by atomic mass is 9.73. The van der Waals surface area contributed by atoms with Crippen molar-refractivity contribution in [3.8, 4) is 17.6 Å². The molecule has 0 bridgehead atoms. The maximum absolute atomic E-state index is 13.8. The summed E-state index contributed by atoms with van der Waals surface area (Å²) in [6.07, 6.45) is 2.17. The first kappa shape index (κ1) is 27.8. The minimum atomic E-state index is -0.942. The van der Waals surface area contributed by atoms with E-state index in [0.29, 0.717) is 77.3 Å². The van der Waals surface area contributed by atoms with Gasteiger partial charge in [0.2, 0.25) is 5.91 Å². The van der Waals surface area contributed by atoms with E-state index in [9.17, 15) is 19.5 Å². The number of hydrogen-bond acceptors (Lipinski definition) is 6. The van der Waals surface area contributed by atoms with Crippen LogP contribution in [-0.4, -0.2) is 52.8 Å². The van der Waals surface area contributed by atoms with E-state index in [1.54, 1.807) is 44.4 Å². The number of nitrogens with one attached hydrogen (secondary N) is 1. The standard InChI is InChI=1S/C29H31ClFN3O4/c1-19-5-6-20(16-24(19)31)4-3-13-34-14-11-29(12-15-34,28(36)33-37)10-9-26(35)27-22-17-21(38-2)7-8-25(22)32-18-23(27)30/h5-8,16-18,26,35,37H,9-15H2,1-2H3,(H,33,36)/t26-/m1/s1. The van der Waals surface area contributed by atoms with E-state index in [1.807, 2.05) is 5.48 Å². The number of fused-ring (bicyclic) bond motifs is 1. The van der Waals surface area contributed by atoms with Crippen LogP contribution in [0.15, 0.2) is 42.6 Å². The number of likely N-dealkylation sites (tertiary alicyclic amines) is 1. The molecule has 0 aliphatic carbocycles. The molecule has 200 valence electrons. The summed E-state index contributed by atoms with van der Waals surface area (Å²) in [5.74, 6) is 5.95. The second-order valence-corrected chi connectivity index (χ2v) is 10.1. The van der Waals surface area contributed by atoms with Gasteiger partial charge in [-0.3, -0.25) is 19.9 Å². The van der Waals surface area contributed by atoms with Crippen LogP contribution in [0.2, 0.25) is 5.02 Å². The van der Waals surface area contributed by atoms with Crippen molar-refractivity contribution < 1.29 is 24.2 Å². The zero-order valence-corrected chi connectivity index (χ0v) is 22.2. The average Bonchev–Trinajstić information content (AvgIpc) is 2.93. The number of hydroxylamine groups is 1. The fourth-order valence-electron chi connectivity index (χ4n) is 4.96. The molecule has 1 atom stereocenters. The largest absolute Gasteiger partial charge is 0.497 e. The Hall–Kier alpha value is -3.22. The Morgan fingerprint density at radius 3 is 2.74 bits per heavy atom.